The van der Waals surface area contributed by atoms with Crippen molar-refractivity contribution in [2.24, 2.45) is 5.41 Å². The molecule has 0 heterocycles. The van der Waals surface area contributed by atoms with Crippen LogP contribution in [0, 0.1) is 16.7 Å². The van der Waals surface area contributed by atoms with Crippen molar-refractivity contribution in [3.05, 3.63) is 54.1 Å². The normalized spacial score (nSPS) is 15.8. The van der Waals surface area contributed by atoms with E-state index in [0.717, 1.165) is 25.7 Å². The quantitative estimate of drug-likeness (QED) is 0.564. The zero-order valence-electron chi connectivity index (χ0n) is 19.9. The molecule has 1 unspecified atom stereocenters. The van der Waals surface area contributed by atoms with Gasteiger partial charge in [-0.15, -0.1) is 0 Å². The van der Waals surface area contributed by atoms with E-state index in [2.05, 4.69) is 48.5 Å². The summed E-state index contributed by atoms with van der Waals surface area (Å²) in [7, 11) is 0.139. The average Bonchev–Trinajstić information content (AvgIpc) is 3.26. The van der Waals surface area contributed by atoms with Crippen molar-refractivity contribution < 1.29 is 14.3 Å². The van der Waals surface area contributed by atoms with E-state index in [0.29, 0.717) is 17.0 Å². The number of hydrogen-bond donors (Lipinski definition) is 2. The molecule has 1 fully saturated rings. The Balaban J connectivity index is 1.79. The van der Waals surface area contributed by atoms with Gasteiger partial charge in [0.1, 0.15) is 11.8 Å². The maximum absolute atomic E-state index is 13.3. The number of amides is 2. The fourth-order valence-corrected chi connectivity index (χ4v) is 5.43. The van der Waals surface area contributed by atoms with Gasteiger partial charge in [-0.25, -0.2) is 0 Å². The zero-order chi connectivity index (χ0) is 24.1. The van der Waals surface area contributed by atoms with Crippen LogP contribution in [-0.4, -0.2) is 27.0 Å². The summed E-state index contributed by atoms with van der Waals surface area (Å²) >= 11 is 0. The number of anilines is 1. The van der Waals surface area contributed by atoms with Gasteiger partial charge in [-0.2, -0.15) is 5.26 Å². The lowest BCUT2D eigenvalue weighted by atomic mass is 9.84. The zero-order valence-corrected chi connectivity index (χ0v) is 20.9. The van der Waals surface area contributed by atoms with E-state index >= 15 is 0 Å². The Morgan fingerprint density at radius 1 is 1.06 bits per heavy atom. The van der Waals surface area contributed by atoms with Gasteiger partial charge in [0.05, 0.1) is 26.7 Å². The summed E-state index contributed by atoms with van der Waals surface area (Å²) in [4.78, 5) is 26.2. The maximum Gasteiger partial charge on any atom is 0.251 e. The minimum atomic E-state index is -1.44. The van der Waals surface area contributed by atoms with E-state index in [9.17, 15) is 14.9 Å². The van der Waals surface area contributed by atoms with Crippen molar-refractivity contribution >= 4 is 30.8 Å². The molecule has 2 aromatic carbocycles. The van der Waals surface area contributed by atoms with E-state index < -0.39 is 19.5 Å². The van der Waals surface area contributed by atoms with Gasteiger partial charge in [0.2, 0.25) is 5.91 Å². The second kappa shape index (κ2) is 10.2. The molecule has 0 aliphatic heterocycles. The number of nitrogens with zero attached hydrogens (tertiary/aromatic N) is 1. The summed E-state index contributed by atoms with van der Waals surface area (Å²) in [6, 6.07) is 16.5. The molecule has 1 saturated carbocycles. The first-order valence-corrected chi connectivity index (χ1v) is 14.9. The molecule has 0 spiro atoms. The van der Waals surface area contributed by atoms with Gasteiger partial charge in [-0.3, -0.25) is 9.59 Å². The number of carbonyl (C=O) groups is 2. The third-order valence-electron chi connectivity index (χ3n) is 6.33. The van der Waals surface area contributed by atoms with Gasteiger partial charge in [0, 0.05) is 12.1 Å². The van der Waals surface area contributed by atoms with Crippen molar-refractivity contribution in [3.8, 4) is 11.8 Å². The van der Waals surface area contributed by atoms with Crippen LogP contribution >= 0.6 is 0 Å². The van der Waals surface area contributed by atoms with Crippen LogP contribution in [0.15, 0.2) is 48.5 Å². The first kappa shape index (κ1) is 24.5. The summed E-state index contributed by atoms with van der Waals surface area (Å²) in [5, 5.41) is 16.8. The number of ether oxygens (including phenoxy) is 1. The van der Waals surface area contributed by atoms with Crippen LogP contribution in [0.4, 0.5) is 5.69 Å². The van der Waals surface area contributed by atoms with Gasteiger partial charge in [-0.05, 0) is 42.7 Å². The van der Waals surface area contributed by atoms with Crippen LogP contribution in [0.5, 0.6) is 5.75 Å². The predicted octanol–water partition coefficient (Wildman–Crippen LogP) is 4.51. The van der Waals surface area contributed by atoms with Crippen LogP contribution in [0.25, 0.3) is 0 Å². The first-order chi connectivity index (χ1) is 15.7. The highest BCUT2D eigenvalue weighted by Gasteiger charge is 2.37. The molecule has 2 N–H and O–H groups in total. The largest absolute Gasteiger partial charge is 0.497 e. The van der Waals surface area contributed by atoms with Crippen molar-refractivity contribution in [3.63, 3.8) is 0 Å². The SMILES string of the molecule is COc1ccc(C(NC(=O)CC2(C#N)CCCC2)C(=O)Nc2ccc([Si](C)(C)C)cc2)cc1. The summed E-state index contributed by atoms with van der Waals surface area (Å²) in [6.45, 7) is 6.82. The van der Waals surface area contributed by atoms with E-state index in [1.807, 2.05) is 12.1 Å². The van der Waals surface area contributed by atoms with Gasteiger partial charge in [0.15, 0.2) is 0 Å². The summed E-state index contributed by atoms with van der Waals surface area (Å²) < 4.78 is 5.22. The number of rotatable bonds is 8. The maximum atomic E-state index is 13.3. The highest BCUT2D eigenvalue weighted by molar-refractivity contribution is 6.88. The molecule has 0 saturated heterocycles. The molecule has 33 heavy (non-hydrogen) atoms. The Kier molecular flexibility index (Phi) is 7.60. The number of hydrogen-bond acceptors (Lipinski definition) is 4. The molecule has 7 heteroatoms. The summed E-state index contributed by atoms with van der Waals surface area (Å²) in [5.41, 5.74) is 0.703. The Bertz CT molecular complexity index is 1010. The standard InChI is InChI=1S/C26H33N3O3Si/c1-32-21-11-7-19(8-12-21)24(29-23(30)17-26(18-27)15-5-6-16-26)25(31)28-20-9-13-22(14-10-20)33(2,3)4/h7-14,24H,5-6,15-17H2,1-4H3,(H,28,31)(H,29,30). The van der Waals surface area contributed by atoms with E-state index in [1.54, 1.807) is 31.4 Å². The monoisotopic (exact) mass is 463 g/mol. The topological polar surface area (TPSA) is 91.2 Å². The smallest absolute Gasteiger partial charge is 0.251 e. The van der Waals surface area contributed by atoms with Crippen LogP contribution in [0.2, 0.25) is 19.6 Å². The minimum Gasteiger partial charge on any atom is -0.497 e. The van der Waals surface area contributed by atoms with Gasteiger partial charge in [0.25, 0.3) is 5.91 Å². The van der Waals surface area contributed by atoms with Crippen LogP contribution < -0.4 is 20.6 Å². The second-order valence-corrected chi connectivity index (χ2v) is 14.9. The summed E-state index contributed by atoms with van der Waals surface area (Å²) in [6.07, 6.45) is 3.46. The molecule has 1 aliphatic carbocycles. The number of methoxy groups -OCH3 is 1. The third-order valence-corrected chi connectivity index (χ3v) is 8.40. The lowest BCUT2D eigenvalue weighted by molar-refractivity contribution is -0.127. The van der Waals surface area contributed by atoms with Crippen LogP contribution in [0.1, 0.15) is 43.7 Å². The second-order valence-electron chi connectivity index (χ2n) is 9.87. The average molecular weight is 464 g/mol. The summed E-state index contributed by atoms with van der Waals surface area (Å²) in [5.74, 6) is 0.0516. The number of nitrogens with one attached hydrogen (secondary N) is 2. The fourth-order valence-electron chi connectivity index (χ4n) is 4.26. The van der Waals surface area contributed by atoms with E-state index in [-0.39, 0.29) is 18.2 Å². The lowest BCUT2D eigenvalue weighted by Gasteiger charge is -2.23. The van der Waals surface area contributed by atoms with Crippen LogP contribution in [0.3, 0.4) is 0 Å². The molecule has 2 aromatic rings. The molecule has 2 amide bonds. The van der Waals surface area contributed by atoms with Crippen molar-refractivity contribution in [2.75, 3.05) is 12.4 Å². The highest BCUT2D eigenvalue weighted by atomic mass is 28.3. The number of carbonyl (C=O) groups excluding carboxylic acids is 2. The molecule has 0 aromatic heterocycles. The van der Waals surface area contributed by atoms with Gasteiger partial charge < -0.3 is 15.4 Å². The fraction of sp³-hybridized carbons (Fsp3) is 0.423. The molecular formula is C26H33N3O3Si. The molecule has 174 valence electrons. The van der Waals surface area contributed by atoms with E-state index in [1.165, 1.54) is 5.19 Å². The number of benzene rings is 2. The third kappa shape index (κ3) is 6.23. The Morgan fingerprint density at radius 2 is 1.67 bits per heavy atom. The molecule has 0 bridgehead atoms. The molecule has 1 aliphatic rings. The Morgan fingerprint density at radius 3 is 2.18 bits per heavy atom. The molecule has 1 atom stereocenters. The molecular weight excluding hydrogens is 430 g/mol. The predicted molar refractivity (Wildman–Crippen MR) is 133 cm³/mol. The van der Waals surface area contributed by atoms with Gasteiger partial charge in [-0.1, -0.05) is 61.9 Å². The molecule has 3 rings (SSSR count). The Hall–Kier alpha value is -3.11. The van der Waals surface area contributed by atoms with Crippen LogP contribution in [-0.2, 0) is 9.59 Å². The molecule has 6 nitrogen and oxygen atoms in total. The molecule has 0 radical (unpaired) electrons. The van der Waals surface area contributed by atoms with Gasteiger partial charge >= 0.3 is 0 Å². The lowest BCUT2D eigenvalue weighted by Crippen LogP contribution is -2.39. The van der Waals surface area contributed by atoms with Crippen molar-refractivity contribution in [1.29, 1.82) is 5.26 Å². The Labute approximate surface area is 197 Å². The highest BCUT2D eigenvalue weighted by Crippen LogP contribution is 2.40. The minimum absolute atomic E-state index is 0.105. The van der Waals surface area contributed by atoms with E-state index in [4.69, 9.17) is 4.74 Å². The van der Waals surface area contributed by atoms with Crippen molar-refractivity contribution in [2.45, 2.75) is 57.8 Å². The number of nitriles is 1. The first-order valence-electron chi connectivity index (χ1n) is 11.4. The van der Waals surface area contributed by atoms with Crippen molar-refractivity contribution in [1.82, 2.24) is 5.32 Å².